The Morgan fingerprint density at radius 1 is 1.00 bits per heavy atom. The zero-order chi connectivity index (χ0) is 19.8. The molecule has 0 heterocycles. The number of carboxylic acid groups (broad SMARTS) is 2. The quantitative estimate of drug-likeness (QED) is 0.417. The molecular weight excluding hydrogens is 348 g/mol. The number of carbonyl (C=O) groups is 3. The smallest absolute Gasteiger partial charge is 0.328 e. The van der Waals surface area contributed by atoms with Gasteiger partial charge in [0.05, 0.1) is 6.42 Å². The van der Waals surface area contributed by atoms with E-state index in [9.17, 15) is 14.4 Å². The van der Waals surface area contributed by atoms with Crippen molar-refractivity contribution in [2.24, 2.45) is 0 Å². The summed E-state index contributed by atoms with van der Waals surface area (Å²) in [7, 11) is 0. The predicted molar refractivity (Wildman–Crippen MR) is 101 cm³/mol. The van der Waals surface area contributed by atoms with Gasteiger partial charge in [0.2, 0.25) is 5.91 Å². The number of carbonyl (C=O) groups excluding carboxylic acids is 1. The number of aliphatic carboxylic acids is 2. The fourth-order valence-corrected chi connectivity index (χ4v) is 2.62. The average Bonchev–Trinajstić information content (AvgIpc) is 2.60. The molecule has 5 N–H and O–H groups in total. The predicted octanol–water partition coefficient (Wildman–Crippen LogP) is 2.08. The molecule has 1 unspecified atom stereocenters. The van der Waals surface area contributed by atoms with Crippen LogP contribution < -0.4 is 11.1 Å². The molecule has 27 heavy (non-hydrogen) atoms. The third-order valence-electron chi connectivity index (χ3n) is 3.80. The number of hydrogen-bond acceptors (Lipinski definition) is 4. The van der Waals surface area contributed by atoms with E-state index in [2.05, 4.69) is 5.32 Å². The summed E-state index contributed by atoms with van der Waals surface area (Å²) in [6.45, 7) is 0. The number of amides is 1. The highest BCUT2D eigenvalue weighted by Crippen LogP contribution is 2.22. The summed E-state index contributed by atoms with van der Waals surface area (Å²) in [6.07, 6.45) is 1.59. The first-order valence-corrected chi connectivity index (χ1v) is 8.21. The maximum Gasteiger partial charge on any atom is 0.328 e. The normalized spacial score (nSPS) is 11.9. The molecule has 0 radical (unpaired) electrons. The monoisotopic (exact) mass is 368 g/mol. The van der Waals surface area contributed by atoms with Crippen molar-refractivity contribution in [1.82, 2.24) is 5.32 Å². The third-order valence-corrected chi connectivity index (χ3v) is 3.80. The van der Waals surface area contributed by atoms with Crippen molar-refractivity contribution in [2.45, 2.75) is 18.9 Å². The first kappa shape index (κ1) is 19.7. The van der Waals surface area contributed by atoms with Gasteiger partial charge in [0.1, 0.15) is 0 Å². The van der Waals surface area contributed by atoms with E-state index < -0.39 is 23.9 Å². The van der Waals surface area contributed by atoms with Crippen molar-refractivity contribution >= 4 is 23.5 Å². The van der Waals surface area contributed by atoms with Crippen LogP contribution >= 0.6 is 0 Å². The molecule has 0 aliphatic rings. The number of anilines is 1. The van der Waals surface area contributed by atoms with Crippen molar-refractivity contribution in [3.63, 3.8) is 0 Å². The molecule has 140 valence electrons. The zero-order valence-electron chi connectivity index (χ0n) is 14.5. The Kier molecular flexibility index (Phi) is 6.71. The Labute approximate surface area is 156 Å². The molecule has 0 saturated carbocycles. The van der Waals surface area contributed by atoms with E-state index in [1.165, 1.54) is 0 Å². The summed E-state index contributed by atoms with van der Waals surface area (Å²) >= 11 is 0. The number of nitrogens with two attached hydrogens (primary N) is 1. The molecule has 0 saturated heterocycles. The molecule has 0 aliphatic heterocycles. The van der Waals surface area contributed by atoms with E-state index in [0.717, 1.165) is 22.8 Å². The largest absolute Gasteiger partial charge is 0.481 e. The van der Waals surface area contributed by atoms with Crippen molar-refractivity contribution in [2.75, 3.05) is 5.73 Å². The van der Waals surface area contributed by atoms with Gasteiger partial charge in [-0.1, -0.05) is 36.4 Å². The van der Waals surface area contributed by atoms with Gasteiger partial charge in [0.15, 0.2) is 0 Å². The van der Waals surface area contributed by atoms with Crippen LogP contribution in [0.25, 0.3) is 11.1 Å². The van der Waals surface area contributed by atoms with Crippen LogP contribution in [0.15, 0.2) is 60.7 Å². The first-order chi connectivity index (χ1) is 12.8. The van der Waals surface area contributed by atoms with E-state index >= 15 is 0 Å². The maximum atomic E-state index is 11.7. The molecule has 0 bridgehead atoms. The molecule has 2 rings (SSSR count). The van der Waals surface area contributed by atoms with Crippen molar-refractivity contribution in [1.29, 1.82) is 0 Å². The van der Waals surface area contributed by atoms with Gasteiger partial charge in [0.25, 0.3) is 0 Å². The third kappa shape index (κ3) is 6.66. The molecule has 2 aromatic carbocycles. The van der Waals surface area contributed by atoms with Crippen molar-refractivity contribution < 1.29 is 24.6 Å². The first-order valence-electron chi connectivity index (χ1n) is 8.21. The lowest BCUT2D eigenvalue weighted by Gasteiger charge is -2.16. The molecule has 7 heteroatoms. The number of benzene rings is 2. The van der Waals surface area contributed by atoms with Gasteiger partial charge in [-0.3, -0.25) is 9.59 Å². The van der Waals surface area contributed by atoms with Gasteiger partial charge in [-0.25, -0.2) is 4.79 Å². The summed E-state index contributed by atoms with van der Waals surface area (Å²) < 4.78 is 0. The molecule has 0 spiro atoms. The highest BCUT2D eigenvalue weighted by atomic mass is 16.4. The molecular formula is C20H20N2O5. The number of hydrogen-bond donors (Lipinski definition) is 4. The zero-order valence-corrected chi connectivity index (χ0v) is 14.5. The fourth-order valence-electron chi connectivity index (χ4n) is 2.62. The molecule has 1 atom stereocenters. The minimum absolute atomic E-state index is 0.274. The van der Waals surface area contributed by atoms with Gasteiger partial charge < -0.3 is 21.3 Å². The van der Waals surface area contributed by atoms with Crippen LogP contribution in [0, 0.1) is 0 Å². The van der Waals surface area contributed by atoms with Crippen molar-refractivity contribution in [3.8, 4) is 11.1 Å². The van der Waals surface area contributed by atoms with Gasteiger partial charge in [0, 0.05) is 23.9 Å². The lowest BCUT2D eigenvalue weighted by Crippen LogP contribution is -2.37. The Morgan fingerprint density at radius 3 is 2.30 bits per heavy atom. The minimum atomic E-state index is -1.25. The van der Waals surface area contributed by atoms with Crippen molar-refractivity contribution in [3.05, 3.63) is 66.2 Å². The molecule has 7 nitrogen and oxygen atoms in total. The summed E-state index contributed by atoms with van der Waals surface area (Å²) in [5, 5.41) is 20.1. The van der Waals surface area contributed by atoms with Crippen LogP contribution in [0.5, 0.6) is 0 Å². The SMILES string of the molecule is Nc1cccc(-c2ccc(CC(CC(=O)O)NC(=O)/C=C/C(=O)O)cc2)c1. The fraction of sp³-hybridized carbons (Fsp3) is 0.150. The van der Waals surface area contributed by atoms with Crippen LogP contribution in [0.1, 0.15) is 12.0 Å². The van der Waals surface area contributed by atoms with E-state index in [-0.39, 0.29) is 6.42 Å². The number of carboxylic acids is 2. The van der Waals surface area contributed by atoms with Crippen LogP contribution in [0.4, 0.5) is 5.69 Å². The van der Waals surface area contributed by atoms with Gasteiger partial charge in [-0.05, 0) is 35.2 Å². The topological polar surface area (TPSA) is 130 Å². The maximum absolute atomic E-state index is 11.7. The van der Waals surface area contributed by atoms with Crippen LogP contribution in [0.3, 0.4) is 0 Å². The van der Waals surface area contributed by atoms with Crippen LogP contribution in [-0.4, -0.2) is 34.1 Å². The lowest BCUT2D eigenvalue weighted by atomic mass is 9.99. The van der Waals surface area contributed by atoms with Gasteiger partial charge in [-0.15, -0.1) is 0 Å². The second kappa shape index (κ2) is 9.19. The highest BCUT2D eigenvalue weighted by Gasteiger charge is 2.16. The van der Waals surface area contributed by atoms with Gasteiger partial charge in [-0.2, -0.15) is 0 Å². The summed E-state index contributed by atoms with van der Waals surface area (Å²) in [6, 6.07) is 14.3. The average molecular weight is 368 g/mol. The highest BCUT2D eigenvalue weighted by molar-refractivity contribution is 5.94. The lowest BCUT2D eigenvalue weighted by molar-refractivity contribution is -0.137. The minimum Gasteiger partial charge on any atom is -0.481 e. The molecule has 1 amide bonds. The van der Waals surface area contributed by atoms with Gasteiger partial charge >= 0.3 is 11.9 Å². The Morgan fingerprint density at radius 2 is 1.70 bits per heavy atom. The van der Waals surface area contributed by atoms with E-state index in [1.54, 1.807) is 6.07 Å². The second-order valence-electron chi connectivity index (χ2n) is 6.00. The number of nitrogens with one attached hydrogen (secondary N) is 1. The molecule has 0 aliphatic carbocycles. The van der Waals surface area contributed by atoms with Crippen LogP contribution in [-0.2, 0) is 20.8 Å². The summed E-state index contributed by atoms with van der Waals surface area (Å²) in [4.78, 5) is 33.2. The Hall–Kier alpha value is -3.61. The Bertz CT molecular complexity index is 859. The molecule has 2 aromatic rings. The van der Waals surface area contributed by atoms with Crippen LogP contribution in [0.2, 0.25) is 0 Å². The second-order valence-corrected chi connectivity index (χ2v) is 6.00. The van der Waals surface area contributed by atoms with E-state index in [1.807, 2.05) is 42.5 Å². The summed E-state index contributed by atoms with van der Waals surface area (Å²) in [5.41, 5.74) is 9.23. The number of nitrogen functional groups attached to an aromatic ring is 1. The Balaban J connectivity index is 2.09. The van der Waals surface area contributed by atoms with E-state index in [0.29, 0.717) is 18.2 Å². The summed E-state index contributed by atoms with van der Waals surface area (Å²) in [5.74, 6) is -2.96. The molecule has 0 fully saturated rings. The standard InChI is InChI=1S/C20H20N2O5/c21-16-3-1-2-15(11-16)14-6-4-13(5-7-14)10-17(12-20(26)27)22-18(23)8-9-19(24)25/h1-9,11,17H,10,12,21H2,(H,22,23)(H,24,25)(H,26,27)/b9-8+. The molecule has 0 aromatic heterocycles. The number of rotatable bonds is 8. The van der Waals surface area contributed by atoms with E-state index in [4.69, 9.17) is 15.9 Å².